The van der Waals surface area contributed by atoms with Gasteiger partial charge in [0.25, 0.3) is 5.56 Å². The Balaban J connectivity index is 1.65. The number of aryl methyl sites for hydroxylation is 1. The molecule has 3 heterocycles. The van der Waals surface area contributed by atoms with Crippen molar-refractivity contribution in [1.82, 2.24) is 14.5 Å². The number of nitrogens with zero attached hydrogens (tertiary/aromatic N) is 5. The molecule has 1 saturated heterocycles. The molecule has 30 heavy (non-hydrogen) atoms. The number of benzene rings is 1. The Kier molecular flexibility index (Phi) is 5.69. The van der Waals surface area contributed by atoms with Gasteiger partial charge in [0.2, 0.25) is 0 Å². The smallest absolute Gasteiger partial charge is 0.270 e. The van der Waals surface area contributed by atoms with Crippen LogP contribution in [0.25, 0.3) is 11.0 Å². The molecular weight excluding hydrogens is 470 g/mol. The van der Waals surface area contributed by atoms with Crippen molar-refractivity contribution < 1.29 is 5.11 Å². The van der Waals surface area contributed by atoms with E-state index in [2.05, 4.69) is 31.9 Å². The number of anilines is 1. The molecule has 1 N–H and O–H groups in total. The Morgan fingerprint density at radius 2 is 1.97 bits per heavy atom. The van der Waals surface area contributed by atoms with Crippen LogP contribution in [0.4, 0.5) is 5.69 Å². The van der Waals surface area contributed by atoms with E-state index in [1.165, 1.54) is 4.57 Å². The number of hydrogen-bond donors (Lipinski definition) is 1. The number of phenolic OH excluding ortho intramolecular Hbond substituents is 1. The molecule has 0 bridgehead atoms. The number of aromatic nitrogens is 2. The SMILES string of the molecule is Cn1c(=O)c(C#N)c(N2CCN(Cc3c(O)cccc3Br)CC2)c2nc(Cl)ccc21. The molecule has 1 aliphatic heterocycles. The molecule has 0 atom stereocenters. The number of aromatic hydroxyl groups is 1. The fourth-order valence-electron chi connectivity index (χ4n) is 3.84. The van der Waals surface area contributed by atoms with Crippen LogP contribution in [0.2, 0.25) is 5.15 Å². The molecule has 1 aliphatic rings. The number of piperazine rings is 1. The molecule has 0 radical (unpaired) electrons. The number of pyridine rings is 2. The van der Waals surface area contributed by atoms with Crippen LogP contribution in [0.5, 0.6) is 5.75 Å². The molecule has 2 aromatic heterocycles. The van der Waals surface area contributed by atoms with Crippen molar-refractivity contribution in [3.8, 4) is 11.8 Å². The molecule has 0 unspecified atom stereocenters. The summed E-state index contributed by atoms with van der Waals surface area (Å²) in [6.07, 6.45) is 0. The van der Waals surface area contributed by atoms with Gasteiger partial charge in [-0.3, -0.25) is 9.69 Å². The van der Waals surface area contributed by atoms with Crippen LogP contribution in [0.1, 0.15) is 11.1 Å². The lowest BCUT2D eigenvalue weighted by molar-refractivity contribution is 0.246. The van der Waals surface area contributed by atoms with Gasteiger partial charge < -0.3 is 14.6 Å². The van der Waals surface area contributed by atoms with Crippen molar-refractivity contribution >= 4 is 44.3 Å². The van der Waals surface area contributed by atoms with E-state index in [-0.39, 0.29) is 16.9 Å². The van der Waals surface area contributed by atoms with Crippen molar-refractivity contribution in [2.45, 2.75) is 6.54 Å². The quantitative estimate of drug-likeness (QED) is 0.570. The summed E-state index contributed by atoms with van der Waals surface area (Å²) in [7, 11) is 1.63. The van der Waals surface area contributed by atoms with Crippen LogP contribution in [0.3, 0.4) is 0 Å². The molecule has 7 nitrogen and oxygen atoms in total. The third kappa shape index (κ3) is 3.65. The zero-order valence-corrected chi connectivity index (χ0v) is 18.6. The maximum absolute atomic E-state index is 12.8. The van der Waals surface area contributed by atoms with Gasteiger partial charge in [-0.2, -0.15) is 5.26 Å². The minimum absolute atomic E-state index is 0.0802. The van der Waals surface area contributed by atoms with E-state index < -0.39 is 0 Å². The van der Waals surface area contributed by atoms with Crippen molar-refractivity contribution in [2.24, 2.45) is 7.05 Å². The second-order valence-electron chi connectivity index (χ2n) is 7.20. The lowest BCUT2D eigenvalue weighted by Crippen LogP contribution is -2.47. The summed E-state index contributed by atoms with van der Waals surface area (Å²) in [5.41, 5.74) is 2.32. The molecule has 4 rings (SSSR count). The van der Waals surface area contributed by atoms with E-state index in [1.54, 1.807) is 31.3 Å². The predicted octanol–water partition coefficient (Wildman–Crippen LogP) is 3.25. The van der Waals surface area contributed by atoms with E-state index in [1.807, 2.05) is 11.0 Å². The van der Waals surface area contributed by atoms with E-state index in [9.17, 15) is 15.2 Å². The minimum Gasteiger partial charge on any atom is -0.508 e. The van der Waals surface area contributed by atoms with Gasteiger partial charge in [0.05, 0.1) is 11.2 Å². The lowest BCUT2D eigenvalue weighted by Gasteiger charge is -2.37. The fourth-order valence-corrected chi connectivity index (χ4v) is 4.46. The summed E-state index contributed by atoms with van der Waals surface area (Å²) >= 11 is 9.62. The average Bonchev–Trinajstić information content (AvgIpc) is 2.74. The van der Waals surface area contributed by atoms with Gasteiger partial charge in [-0.1, -0.05) is 33.6 Å². The van der Waals surface area contributed by atoms with Gasteiger partial charge in [-0.25, -0.2) is 4.98 Å². The van der Waals surface area contributed by atoms with E-state index in [0.29, 0.717) is 54.6 Å². The van der Waals surface area contributed by atoms with Gasteiger partial charge in [-0.05, 0) is 24.3 Å². The highest BCUT2D eigenvalue weighted by Crippen LogP contribution is 2.31. The average molecular weight is 489 g/mol. The molecule has 0 aliphatic carbocycles. The van der Waals surface area contributed by atoms with Crippen molar-refractivity contribution in [2.75, 3.05) is 31.1 Å². The molecular formula is C21H19BrClN5O2. The number of nitriles is 1. The standard InChI is InChI=1S/C21H19BrClN5O2/c1-26-16-5-6-18(23)25-19(16)20(13(11-24)21(26)30)28-9-7-27(8-10-28)12-14-15(22)3-2-4-17(14)29/h2-6,29H,7-10,12H2,1H3. The molecule has 0 amide bonds. The normalized spacial score (nSPS) is 14.8. The van der Waals surface area contributed by atoms with Crippen molar-refractivity contribution in [3.63, 3.8) is 0 Å². The zero-order chi connectivity index (χ0) is 21.4. The van der Waals surface area contributed by atoms with Gasteiger partial charge >= 0.3 is 0 Å². The first-order chi connectivity index (χ1) is 14.4. The molecule has 0 spiro atoms. The number of hydrogen-bond acceptors (Lipinski definition) is 6. The van der Waals surface area contributed by atoms with Crippen LogP contribution >= 0.6 is 27.5 Å². The van der Waals surface area contributed by atoms with Crippen molar-refractivity contribution in [1.29, 1.82) is 5.26 Å². The number of fused-ring (bicyclic) bond motifs is 1. The van der Waals surface area contributed by atoms with Crippen molar-refractivity contribution in [3.05, 3.63) is 61.4 Å². The van der Waals surface area contributed by atoms with E-state index in [0.717, 1.165) is 10.0 Å². The minimum atomic E-state index is -0.343. The summed E-state index contributed by atoms with van der Waals surface area (Å²) in [6, 6.07) is 10.8. The third-order valence-corrected chi connectivity index (χ3v) is 6.41. The molecule has 1 fully saturated rings. The van der Waals surface area contributed by atoms with Gasteiger partial charge in [0, 0.05) is 49.8 Å². The fraction of sp³-hybridized carbons (Fsp3) is 0.286. The highest BCUT2D eigenvalue weighted by atomic mass is 79.9. The molecule has 154 valence electrons. The number of rotatable bonds is 3. The topological polar surface area (TPSA) is 85.4 Å². The Morgan fingerprint density at radius 3 is 2.63 bits per heavy atom. The van der Waals surface area contributed by atoms with Crippen LogP contribution in [0.15, 0.2) is 39.6 Å². The zero-order valence-electron chi connectivity index (χ0n) is 16.3. The van der Waals surface area contributed by atoms with Crippen LogP contribution in [-0.2, 0) is 13.6 Å². The molecule has 3 aromatic rings. The van der Waals surface area contributed by atoms with E-state index >= 15 is 0 Å². The van der Waals surface area contributed by atoms with Crippen LogP contribution < -0.4 is 10.5 Å². The monoisotopic (exact) mass is 487 g/mol. The first-order valence-electron chi connectivity index (χ1n) is 9.43. The Hall–Kier alpha value is -2.60. The highest BCUT2D eigenvalue weighted by Gasteiger charge is 2.26. The van der Waals surface area contributed by atoms with E-state index in [4.69, 9.17) is 11.6 Å². The summed E-state index contributed by atoms with van der Waals surface area (Å²) in [5, 5.41) is 20.2. The maximum Gasteiger partial charge on any atom is 0.270 e. The maximum atomic E-state index is 12.8. The molecule has 1 aromatic carbocycles. The third-order valence-electron chi connectivity index (χ3n) is 5.46. The van der Waals surface area contributed by atoms with Crippen LogP contribution in [-0.4, -0.2) is 45.7 Å². The second-order valence-corrected chi connectivity index (χ2v) is 8.44. The largest absolute Gasteiger partial charge is 0.508 e. The van der Waals surface area contributed by atoms with Gasteiger partial charge in [0.1, 0.15) is 28.1 Å². The lowest BCUT2D eigenvalue weighted by atomic mass is 10.1. The molecule has 0 saturated carbocycles. The van der Waals surface area contributed by atoms with Crippen LogP contribution in [0, 0.1) is 11.3 Å². The number of halogens is 2. The van der Waals surface area contributed by atoms with Gasteiger partial charge in [0.15, 0.2) is 0 Å². The first kappa shape index (κ1) is 20.7. The summed E-state index contributed by atoms with van der Waals surface area (Å²) in [5.74, 6) is 0.259. The summed E-state index contributed by atoms with van der Waals surface area (Å²) in [6.45, 7) is 3.27. The Bertz CT molecular complexity index is 1210. The number of phenols is 1. The van der Waals surface area contributed by atoms with Gasteiger partial charge in [-0.15, -0.1) is 0 Å². The Morgan fingerprint density at radius 1 is 1.23 bits per heavy atom. The molecule has 9 heteroatoms. The highest BCUT2D eigenvalue weighted by molar-refractivity contribution is 9.10. The second kappa shape index (κ2) is 8.26. The Labute approximate surface area is 186 Å². The predicted molar refractivity (Wildman–Crippen MR) is 120 cm³/mol. The summed E-state index contributed by atoms with van der Waals surface area (Å²) < 4.78 is 2.31. The first-order valence-corrected chi connectivity index (χ1v) is 10.6. The summed E-state index contributed by atoms with van der Waals surface area (Å²) in [4.78, 5) is 21.4.